The van der Waals surface area contributed by atoms with Gasteiger partial charge in [-0.1, -0.05) is 0 Å². The molecule has 11 nitrogen and oxygen atoms in total. The van der Waals surface area contributed by atoms with Gasteiger partial charge in [0, 0.05) is 0 Å². The van der Waals surface area contributed by atoms with Gasteiger partial charge in [-0.25, -0.2) is 15.2 Å². The third-order valence-corrected chi connectivity index (χ3v) is 2.80. The average Bonchev–Trinajstić information content (AvgIpc) is 3.19. The van der Waals surface area contributed by atoms with E-state index < -0.39 is 0 Å². The predicted octanol–water partition coefficient (Wildman–Crippen LogP) is -0.600. The normalized spacial score (nSPS) is 11.2. The number of imidazole rings is 1. The third-order valence-electron chi connectivity index (χ3n) is 2.80. The molecular formula is C9H6N10O. The number of pyridine rings is 1. The molecule has 0 amide bonds. The Balaban J connectivity index is 2.11. The zero-order valence-electron chi connectivity index (χ0n) is 9.76. The van der Waals surface area contributed by atoms with E-state index in [2.05, 4.69) is 46.2 Å². The Morgan fingerprint density at radius 1 is 1.00 bits per heavy atom. The van der Waals surface area contributed by atoms with Crippen LogP contribution < -0.4 is 0 Å². The van der Waals surface area contributed by atoms with Gasteiger partial charge in [0.15, 0.2) is 11.6 Å². The van der Waals surface area contributed by atoms with Crippen LogP contribution in [0, 0.1) is 0 Å². The maximum absolute atomic E-state index is 10.1. The van der Waals surface area contributed by atoms with Crippen LogP contribution in [0.15, 0.2) is 18.3 Å². The molecule has 0 radical (unpaired) electrons. The van der Waals surface area contributed by atoms with Crippen molar-refractivity contribution in [3.63, 3.8) is 0 Å². The number of hydrogen-bond donors (Lipinski definition) is 3. The molecule has 4 heterocycles. The predicted molar refractivity (Wildman–Crippen MR) is 63.2 cm³/mol. The molecule has 0 bridgehead atoms. The topological polar surface area (TPSA) is 146 Å². The Kier molecular flexibility index (Phi) is 2.01. The first-order chi connectivity index (χ1) is 9.84. The second-order valence-electron chi connectivity index (χ2n) is 3.90. The lowest BCUT2D eigenvalue weighted by atomic mass is 10.3. The van der Waals surface area contributed by atoms with Crippen LogP contribution in [0.1, 0.15) is 0 Å². The number of fused-ring (bicyclic) bond motifs is 1. The molecule has 4 aromatic rings. The second kappa shape index (κ2) is 3.81. The van der Waals surface area contributed by atoms with Crippen molar-refractivity contribution in [1.29, 1.82) is 0 Å². The number of aromatic nitrogens is 10. The Hall–Kier alpha value is -3.37. The van der Waals surface area contributed by atoms with Crippen LogP contribution in [-0.4, -0.2) is 55.7 Å². The van der Waals surface area contributed by atoms with Crippen molar-refractivity contribution < 1.29 is 5.11 Å². The summed E-state index contributed by atoms with van der Waals surface area (Å²) < 4.78 is 1.65. The smallest absolute Gasteiger partial charge is 0.200 e. The molecular weight excluding hydrogens is 264 g/mol. The number of nitrogens with zero attached hydrogens (tertiary/aromatic N) is 8. The van der Waals surface area contributed by atoms with Gasteiger partial charge < -0.3 is 5.11 Å². The first-order valence-corrected chi connectivity index (χ1v) is 5.52. The first kappa shape index (κ1) is 10.5. The van der Waals surface area contributed by atoms with Crippen molar-refractivity contribution in [2.24, 2.45) is 0 Å². The number of rotatable bonds is 2. The van der Waals surface area contributed by atoms with E-state index in [-0.39, 0.29) is 5.75 Å². The minimum absolute atomic E-state index is 0.00257. The highest BCUT2D eigenvalue weighted by atomic mass is 16.3. The van der Waals surface area contributed by atoms with Crippen molar-refractivity contribution in [2.75, 3.05) is 0 Å². The largest absolute Gasteiger partial charge is 0.506 e. The molecule has 0 spiro atoms. The highest BCUT2D eigenvalue weighted by molar-refractivity contribution is 5.69. The summed E-state index contributed by atoms with van der Waals surface area (Å²) in [4.78, 5) is 4.24. The van der Waals surface area contributed by atoms with Gasteiger partial charge >= 0.3 is 0 Å². The van der Waals surface area contributed by atoms with Crippen molar-refractivity contribution in [3.05, 3.63) is 18.3 Å². The van der Waals surface area contributed by atoms with Crippen LogP contribution in [0.3, 0.4) is 0 Å². The maximum Gasteiger partial charge on any atom is 0.200 e. The van der Waals surface area contributed by atoms with E-state index in [9.17, 15) is 5.11 Å². The van der Waals surface area contributed by atoms with E-state index in [1.54, 1.807) is 16.7 Å². The van der Waals surface area contributed by atoms with Gasteiger partial charge in [-0.05, 0) is 33.0 Å². The molecule has 3 N–H and O–H groups in total. The van der Waals surface area contributed by atoms with E-state index in [0.29, 0.717) is 28.7 Å². The Morgan fingerprint density at radius 3 is 2.45 bits per heavy atom. The molecule has 98 valence electrons. The summed E-state index contributed by atoms with van der Waals surface area (Å²) >= 11 is 0. The van der Waals surface area contributed by atoms with Crippen molar-refractivity contribution in [3.8, 4) is 28.8 Å². The lowest BCUT2D eigenvalue weighted by molar-refractivity contribution is 0.474. The van der Waals surface area contributed by atoms with E-state index in [1.807, 2.05) is 0 Å². The van der Waals surface area contributed by atoms with Crippen molar-refractivity contribution >= 4 is 5.65 Å². The first-order valence-electron chi connectivity index (χ1n) is 5.52. The van der Waals surface area contributed by atoms with Crippen LogP contribution in [0.25, 0.3) is 28.7 Å². The zero-order chi connectivity index (χ0) is 13.5. The van der Waals surface area contributed by atoms with Gasteiger partial charge in [-0.3, -0.25) is 4.40 Å². The molecule has 20 heavy (non-hydrogen) atoms. The van der Waals surface area contributed by atoms with Crippen molar-refractivity contribution in [2.45, 2.75) is 0 Å². The summed E-state index contributed by atoms with van der Waals surface area (Å²) in [5, 5.41) is 37.1. The number of aromatic amines is 2. The quantitative estimate of drug-likeness (QED) is 0.437. The van der Waals surface area contributed by atoms with Crippen LogP contribution in [0.5, 0.6) is 5.75 Å². The van der Waals surface area contributed by atoms with Crippen LogP contribution >= 0.6 is 0 Å². The standard InChI is InChI=1S/C9H6N10O/c20-5-1-2-6-10-3-4(8-11-15-16-12-8)19(6)7(5)9-13-17-18-14-9/h1-3,20H,(H,11,12,15,16)(H,13,14,17,18). The van der Waals surface area contributed by atoms with Crippen molar-refractivity contribution in [1.82, 2.24) is 50.6 Å². The van der Waals surface area contributed by atoms with Crippen LogP contribution in [0.2, 0.25) is 0 Å². The lowest BCUT2D eigenvalue weighted by Crippen LogP contribution is -1.97. The Labute approximate surface area is 109 Å². The third kappa shape index (κ3) is 1.36. The summed E-state index contributed by atoms with van der Waals surface area (Å²) in [5.41, 5.74) is 1.55. The van der Waals surface area contributed by atoms with E-state index in [4.69, 9.17) is 0 Å². The summed E-state index contributed by atoms with van der Waals surface area (Å²) in [6.45, 7) is 0. The minimum Gasteiger partial charge on any atom is -0.506 e. The molecule has 4 rings (SSSR count). The molecule has 0 unspecified atom stereocenters. The second-order valence-corrected chi connectivity index (χ2v) is 3.90. The zero-order valence-corrected chi connectivity index (χ0v) is 9.76. The monoisotopic (exact) mass is 270 g/mol. The minimum atomic E-state index is 0.00257. The highest BCUT2D eigenvalue weighted by Gasteiger charge is 2.18. The van der Waals surface area contributed by atoms with Crippen LogP contribution in [0.4, 0.5) is 0 Å². The summed E-state index contributed by atoms with van der Waals surface area (Å²) in [5.74, 6) is 0.722. The van der Waals surface area contributed by atoms with Gasteiger partial charge in [0.1, 0.15) is 22.8 Å². The fourth-order valence-corrected chi connectivity index (χ4v) is 1.99. The molecule has 0 aromatic carbocycles. The molecule has 0 fully saturated rings. The van der Waals surface area contributed by atoms with Gasteiger partial charge in [0.05, 0.1) is 6.20 Å². The maximum atomic E-state index is 10.1. The molecule has 4 aromatic heterocycles. The average molecular weight is 270 g/mol. The van der Waals surface area contributed by atoms with Gasteiger partial charge in [-0.2, -0.15) is 0 Å². The van der Waals surface area contributed by atoms with E-state index in [1.165, 1.54) is 6.07 Å². The summed E-state index contributed by atoms with van der Waals surface area (Å²) in [7, 11) is 0. The van der Waals surface area contributed by atoms with Gasteiger partial charge in [0.2, 0.25) is 0 Å². The molecule has 0 aliphatic heterocycles. The number of H-pyrrole nitrogens is 2. The summed E-state index contributed by atoms with van der Waals surface area (Å²) in [6.07, 6.45) is 1.59. The number of hydrogen-bond acceptors (Lipinski definition) is 8. The van der Waals surface area contributed by atoms with Gasteiger partial charge in [0.25, 0.3) is 0 Å². The fraction of sp³-hybridized carbons (Fsp3) is 0. The molecule has 0 saturated carbocycles. The van der Waals surface area contributed by atoms with E-state index in [0.717, 1.165) is 0 Å². The molecule has 0 saturated heterocycles. The number of aromatic hydroxyl groups is 1. The SMILES string of the molecule is Oc1ccc2ncc(-c3nnn[nH]3)n2c1-c1nnn[nH]1. The Bertz CT molecular complexity index is 862. The molecule has 0 aliphatic rings. The van der Waals surface area contributed by atoms with E-state index >= 15 is 0 Å². The molecule has 11 heteroatoms. The number of tetrazole rings is 2. The highest BCUT2D eigenvalue weighted by Crippen LogP contribution is 2.30. The van der Waals surface area contributed by atoms with Crippen LogP contribution in [-0.2, 0) is 0 Å². The molecule has 0 aliphatic carbocycles. The van der Waals surface area contributed by atoms with Gasteiger partial charge in [-0.15, -0.1) is 10.2 Å². The summed E-state index contributed by atoms with van der Waals surface area (Å²) in [6, 6.07) is 3.18. The molecule has 0 atom stereocenters. The fourth-order valence-electron chi connectivity index (χ4n) is 1.99. The number of nitrogens with one attached hydrogen (secondary N) is 2. The Morgan fingerprint density at radius 2 is 1.75 bits per heavy atom. The lowest BCUT2D eigenvalue weighted by Gasteiger charge is -2.06.